The van der Waals surface area contributed by atoms with Crippen LogP contribution in [0, 0.1) is 20.8 Å². The number of nitrogens with one attached hydrogen (secondary N) is 1. The molecule has 0 aliphatic rings. The maximum atomic E-state index is 12.5. The van der Waals surface area contributed by atoms with Crippen LogP contribution in [0.4, 0.5) is 0 Å². The molecule has 0 aliphatic carbocycles. The van der Waals surface area contributed by atoms with Gasteiger partial charge in [0.15, 0.2) is 0 Å². The Balaban J connectivity index is 2.20. The van der Waals surface area contributed by atoms with Crippen LogP contribution in [-0.2, 0) is 10.0 Å². The van der Waals surface area contributed by atoms with E-state index < -0.39 is 10.0 Å². The second-order valence-corrected chi connectivity index (χ2v) is 7.18. The Labute approximate surface area is 143 Å². The van der Waals surface area contributed by atoms with Crippen molar-refractivity contribution < 1.29 is 13.2 Å². The molecule has 128 valence electrons. The molecular weight excluding hydrogens is 324 g/mol. The van der Waals surface area contributed by atoms with Crippen molar-refractivity contribution in [1.29, 1.82) is 0 Å². The van der Waals surface area contributed by atoms with Gasteiger partial charge in [0.2, 0.25) is 0 Å². The number of hydrogen-bond acceptors (Lipinski definition) is 4. The smallest absolute Gasteiger partial charge is 0.277 e. The number of aryl methyl sites for hydroxylation is 3. The van der Waals surface area contributed by atoms with Crippen LogP contribution in [0.25, 0.3) is 0 Å². The summed E-state index contributed by atoms with van der Waals surface area (Å²) in [6.07, 6.45) is 1.46. The molecule has 0 amide bonds. The third kappa shape index (κ3) is 4.35. The molecule has 0 bridgehead atoms. The Morgan fingerprint density at radius 2 is 1.79 bits per heavy atom. The number of hydrazone groups is 1. The molecule has 0 fully saturated rings. The van der Waals surface area contributed by atoms with Crippen LogP contribution in [0.1, 0.15) is 29.2 Å². The monoisotopic (exact) mass is 346 g/mol. The van der Waals surface area contributed by atoms with Crippen molar-refractivity contribution in [3.63, 3.8) is 0 Å². The maximum Gasteiger partial charge on any atom is 0.277 e. The molecule has 0 atom stereocenters. The lowest BCUT2D eigenvalue weighted by Crippen LogP contribution is -2.20. The topological polar surface area (TPSA) is 67.8 Å². The molecule has 2 aromatic carbocycles. The Morgan fingerprint density at radius 3 is 2.42 bits per heavy atom. The van der Waals surface area contributed by atoms with Crippen molar-refractivity contribution in [3.05, 3.63) is 58.7 Å². The Bertz CT molecular complexity index is 835. The van der Waals surface area contributed by atoms with Crippen LogP contribution in [0.15, 0.2) is 46.4 Å². The van der Waals surface area contributed by atoms with Crippen molar-refractivity contribution in [2.24, 2.45) is 5.10 Å². The lowest BCUT2D eigenvalue weighted by Gasteiger charge is -2.11. The van der Waals surface area contributed by atoms with E-state index in [4.69, 9.17) is 4.74 Å². The second-order valence-electron chi connectivity index (χ2n) is 5.59. The van der Waals surface area contributed by atoms with E-state index in [9.17, 15) is 8.42 Å². The van der Waals surface area contributed by atoms with E-state index in [-0.39, 0.29) is 4.90 Å². The average Bonchev–Trinajstić information content (AvgIpc) is 2.46. The highest BCUT2D eigenvalue weighted by atomic mass is 32.2. The van der Waals surface area contributed by atoms with Gasteiger partial charge >= 0.3 is 0 Å². The van der Waals surface area contributed by atoms with Crippen LogP contribution in [0.2, 0.25) is 0 Å². The van der Waals surface area contributed by atoms with E-state index in [0.29, 0.717) is 17.7 Å². The maximum absolute atomic E-state index is 12.5. The Hall–Kier alpha value is -2.34. The van der Waals surface area contributed by atoms with Gasteiger partial charge in [-0.25, -0.2) is 4.83 Å². The van der Waals surface area contributed by atoms with E-state index in [1.165, 1.54) is 6.21 Å². The summed E-state index contributed by atoms with van der Waals surface area (Å²) >= 11 is 0. The SMILES string of the molecule is CCOc1cccc(/C=N/NS(=O)(=O)c2c(C)cc(C)cc2C)c1. The first-order chi connectivity index (χ1) is 11.3. The second kappa shape index (κ2) is 7.49. The summed E-state index contributed by atoms with van der Waals surface area (Å²) in [4.78, 5) is 2.55. The van der Waals surface area contributed by atoms with Gasteiger partial charge in [0.1, 0.15) is 5.75 Å². The molecule has 0 saturated heterocycles. The quantitative estimate of drug-likeness (QED) is 0.644. The number of rotatable bonds is 6. The highest BCUT2D eigenvalue weighted by Gasteiger charge is 2.18. The molecule has 0 aliphatic heterocycles. The number of ether oxygens (including phenoxy) is 1. The number of sulfonamides is 1. The zero-order chi connectivity index (χ0) is 17.7. The molecular formula is C18H22N2O3S. The summed E-state index contributed by atoms with van der Waals surface area (Å²) in [6, 6.07) is 11.0. The van der Waals surface area contributed by atoms with E-state index >= 15 is 0 Å². The van der Waals surface area contributed by atoms with E-state index in [2.05, 4.69) is 9.93 Å². The average molecular weight is 346 g/mol. The van der Waals surface area contributed by atoms with Gasteiger partial charge in [-0.1, -0.05) is 29.8 Å². The van der Waals surface area contributed by atoms with E-state index in [0.717, 1.165) is 16.9 Å². The van der Waals surface area contributed by atoms with Gasteiger partial charge < -0.3 is 4.74 Å². The lowest BCUT2D eigenvalue weighted by atomic mass is 10.1. The zero-order valence-corrected chi connectivity index (χ0v) is 15.1. The standard InChI is InChI=1S/C18H22N2O3S/c1-5-23-17-8-6-7-16(11-17)12-19-20-24(21,22)18-14(3)9-13(2)10-15(18)4/h6-12,20H,5H2,1-4H3/b19-12+. The van der Waals surface area contributed by atoms with E-state index in [1.54, 1.807) is 19.9 Å². The third-order valence-electron chi connectivity index (χ3n) is 3.43. The fourth-order valence-electron chi connectivity index (χ4n) is 2.66. The van der Waals surface area contributed by atoms with Crippen molar-refractivity contribution >= 4 is 16.2 Å². The molecule has 0 spiro atoms. The van der Waals surface area contributed by atoms with Crippen molar-refractivity contribution in [1.82, 2.24) is 4.83 Å². The van der Waals surface area contributed by atoms with Gasteiger partial charge in [0.05, 0.1) is 17.7 Å². The van der Waals surface area contributed by atoms with E-state index in [1.807, 2.05) is 44.2 Å². The van der Waals surface area contributed by atoms with Gasteiger partial charge in [-0.3, -0.25) is 0 Å². The molecule has 0 heterocycles. The van der Waals surface area contributed by atoms with Crippen LogP contribution in [0.5, 0.6) is 5.75 Å². The van der Waals surface area contributed by atoms with Gasteiger partial charge in [0.25, 0.3) is 10.0 Å². The van der Waals surface area contributed by atoms with Gasteiger partial charge in [-0.15, -0.1) is 0 Å². The van der Waals surface area contributed by atoms with Gasteiger partial charge in [0, 0.05) is 0 Å². The summed E-state index contributed by atoms with van der Waals surface area (Å²) in [6.45, 7) is 7.97. The van der Waals surface area contributed by atoms with Crippen molar-refractivity contribution in [2.75, 3.05) is 6.61 Å². The number of hydrogen-bond donors (Lipinski definition) is 1. The molecule has 0 radical (unpaired) electrons. The summed E-state index contributed by atoms with van der Waals surface area (Å²) in [5.41, 5.74) is 3.18. The minimum Gasteiger partial charge on any atom is -0.494 e. The third-order valence-corrected chi connectivity index (χ3v) is 4.96. The van der Waals surface area contributed by atoms with Crippen LogP contribution >= 0.6 is 0 Å². The molecule has 0 unspecified atom stereocenters. The predicted molar refractivity (Wildman–Crippen MR) is 96.2 cm³/mol. The lowest BCUT2D eigenvalue weighted by molar-refractivity contribution is 0.340. The van der Waals surface area contributed by atoms with Crippen LogP contribution in [0.3, 0.4) is 0 Å². The minimum atomic E-state index is -3.71. The first-order valence-corrected chi connectivity index (χ1v) is 9.17. The minimum absolute atomic E-state index is 0.272. The van der Waals surface area contributed by atoms with Crippen molar-refractivity contribution in [3.8, 4) is 5.75 Å². The highest BCUT2D eigenvalue weighted by molar-refractivity contribution is 7.89. The summed E-state index contributed by atoms with van der Waals surface area (Å²) < 4.78 is 30.4. The molecule has 0 aromatic heterocycles. The predicted octanol–water partition coefficient (Wildman–Crippen LogP) is 3.32. The van der Waals surface area contributed by atoms with Crippen LogP contribution < -0.4 is 9.57 Å². The fraction of sp³-hybridized carbons (Fsp3) is 0.278. The molecule has 24 heavy (non-hydrogen) atoms. The number of benzene rings is 2. The Morgan fingerprint density at radius 1 is 1.12 bits per heavy atom. The summed E-state index contributed by atoms with van der Waals surface area (Å²) in [5, 5.41) is 3.88. The first kappa shape index (κ1) is 18.0. The molecule has 2 rings (SSSR count). The van der Waals surface area contributed by atoms with Crippen molar-refractivity contribution in [2.45, 2.75) is 32.6 Å². The molecule has 0 saturated carbocycles. The fourth-order valence-corrected chi connectivity index (χ4v) is 3.91. The van der Waals surface area contributed by atoms with Crippen LogP contribution in [-0.4, -0.2) is 21.2 Å². The molecule has 2 aromatic rings. The molecule has 6 heteroatoms. The molecule has 1 N–H and O–H groups in total. The zero-order valence-electron chi connectivity index (χ0n) is 14.3. The largest absolute Gasteiger partial charge is 0.494 e. The van der Waals surface area contributed by atoms with Gasteiger partial charge in [-0.05, 0) is 56.5 Å². The number of nitrogens with zero attached hydrogens (tertiary/aromatic N) is 1. The Kier molecular flexibility index (Phi) is 5.62. The highest BCUT2D eigenvalue weighted by Crippen LogP contribution is 2.21. The summed E-state index contributed by atoms with van der Waals surface area (Å²) in [7, 11) is -3.71. The normalized spacial score (nSPS) is 11.7. The summed E-state index contributed by atoms with van der Waals surface area (Å²) in [5.74, 6) is 0.717. The van der Waals surface area contributed by atoms with Gasteiger partial charge in [-0.2, -0.15) is 13.5 Å². The molecule has 5 nitrogen and oxygen atoms in total. The first-order valence-electron chi connectivity index (χ1n) is 7.69.